The summed E-state index contributed by atoms with van der Waals surface area (Å²) in [6.07, 6.45) is 6.43. The lowest BCUT2D eigenvalue weighted by Crippen LogP contribution is -2.38. The molecule has 2 saturated carbocycles. The molecule has 1 aromatic rings. The van der Waals surface area contributed by atoms with Gasteiger partial charge >= 0.3 is 0 Å². The van der Waals surface area contributed by atoms with Gasteiger partial charge in [-0.3, -0.25) is 4.68 Å². The van der Waals surface area contributed by atoms with Crippen LogP contribution in [0.4, 0.5) is 0 Å². The highest BCUT2D eigenvalue weighted by molar-refractivity contribution is 9.10. The van der Waals surface area contributed by atoms with Gasteiger partial charge in [-0.15, -0.1) is 0 Å². The number of halogens is 1. The molecule has 2 aliphatic carbocycles. The van der Waals surface area contributed by atoms with Crippen LogP contribution in [0.2, 0.25) is 0 Å². The van der Waals surface area contributed by atoms with Gasteiger partial charge < -0.3 is 5.32 Å². The van der Waals surface area contributed by atoms with Crippen molar-refractivity contribution in [3.8, 4) is 0 Å². The molecule has 0 saturated heterocycles. The number of nitrogens with one attached hydrogen (secondary N) is 1. The Kier molecular flexibility index (Phi) is 4.21. The van der Waals surface area contributed by atoms with Crippen molar-refractivity contribution in [2.45, 2.75) is 58.9 Å². The zero-order valence-corrected chi connectivity index (χ0v) is 15.3. The Bertz CT molecular complexity index is 510. The number of rotatable bonds is 6. The van der Waals surface area contributed by atoms with Crippen molar-refractivity contribution in [2.75, 3.05) is 6.54 Å². The number of hydrogen-bond donors (Lipinski definition) is 1. The first kappa shape index (κ1) is 15.5. The number of aryl methyl sites for hydroxylation is 2. The minimum atomic E-state index is 0.444. The van der Waals surface area contributed by atoms with Gasteiger partial charge in [0.2, 0.25) is 0 Å². The second-order valence-corrected chi connectivity index (χ2v) is 8.35. The molecule has 0 bridgehead atoms. The first-order valence-electron chi connectivity index (χ1n) is 8.38. The Balaban J connectivity index is 1.80. The number of fused-ring (bicyclic) bond motifs is 1. The summed E-state index contributed by atoms with van der Waals surface area (Å²) in [7, 11) is 2.10. The average molecular weight is 354 g/mol. The van der Waals surface area contributed by atoms with Gasteiger partial charge in [0, 0.05) is 19.6 Å². The lowest BCUT2D eigenvalue weighted by molar-refractivity contribution is 0.236. The van der Waals surface area contributed by atoms with Crippen molar-refractivity contribution in [3.63, 3.8) is 0 Å². The topological polar surface area (TPSA) is 29.9 Å². The van der Waals surface area contributed by atoms with Crippen LogP contribution in [-0.4, -0.2) is 22.4 Å². The third kappa shape index (κ3) is 3.07. The number of aromatic nitrogens is 2. The van der Waals surface area contributed by atoms with Crippen LogP contribution in [0.25, 0.3) is 0 Å². The first-order valence-corrected chi connectivity index (χ1v) is 9.17. The van der Waals surface area contributed by atoms with Crippen molar-refractivity contribution in [1.82, 2.24) is 15.1 Å². The minimum Gasteiger partial charge on any atom is -0.314 e. The van der Waals surface area contributed by atoms with Gasteiger partial charge in [0.15, 0.2) is 0 Å². The summed E-state index contributed by atoms with van der Waals surface area (Å²) < 4.78 is 3.35. The summed E-state index contributed by atoms with van der Waals surface area (Å²) in [4.78, 5) is 0. The van der Waals surface area contributed by atoms with Gasteiger partial charge in [0.05, 0.1) is 15.9 Å². The molecule has 0 spiro atoms. The van der Waals surface area contributed by atoms with E-state index in [0.29, 0.717) is 11.5 Å². The molecule has 4 heteroatoms. The highest BCUT2D eigenvalue weighted by Crippen LogP contribution is 2.60. The molecule has 2 unspecified atom stereocenters. The van der Waals surface area contributed by atoms with E-state index < -0.39 is 0 Å². The van der Waals surface area contributed by atoms with E-state index >= 15 is 0 Å². The molecule has 0 aromatic carbocycles. The van der Waals surface area contributed by atoms with E-state index in [4.69, 9.17) is 0 Å². The SMILES string of the molecule is CCc1nn(C)c(CC2(CNC(C)C)CC3CC3C2)c1Br. The molecule has 2 aliphatic rings. The van der Waals surface area contributed by atoms with Crippen LogP contribution in [0.5, 0.6) is 0 Å². The third-order valence-corrected chi connectivity index (χ3v) is 6.31. The summed E-state index contributed by atoms with van der Waals surface area (Å²) in [5.41, 5.74) is 3.03. The van der Waals surface area contributed by atoms with Gasteiger partial charge in [-0.25, -0.2) is 0 Å². The number of hydrogen-bond acceptors (Lipinski definition) is 2. The first-order chi connectivity index (χ1) is 9.94. The van der Waals surface area contributed by atoms with Gasteiger partial charge in [0.25, 0.3) is 0 Å². The van der Waals surface area contributed by atoms with E-state index in [-0.39, 0.29) is 0 Å². The Morgan fingerprint density at radius 1 is 1.38 bits per heavy atom. The fourth-order valence-electron chi connectivity index (χ4n) is 4.14. The second-order valence-electron chi connectivity index (χ2n) is 7.56. The molecule has 118 valence electrons. The molecule has 3 nitrogen and oxygen atoms in total. The normalized spacial score (nSPS) is 31.0. The van der Waals surface area contributed by atoms with Crippen LogP contribution in [0.3, 0.4) is 0 Å². The van der Waals surface area contributed by atoms with E-state index in [1.54, 1.807) is 0 Å². The largest absolute Gasteiger partial charge is 0.314 e. The van der Waals surface area contributed by atoms with Crippen LogP contribution >= 0.6 is 15.9 Å². The van der Waals surface area contributed by atoms with Crippen molar-refractivity contribution in [3.05, 3.63) is 15.9 Å². The summed E-state index contributed by atoms with van der Waals surface area (Å²) in [5, 5.41) is 8.38. The maximum absolute atomic E-state index is 4.68. The lowest BCUT2D eigenvalue weighted by Gasteiger charge is -2.32. The highest BCUT2D eigenvalue weighted by atomic mass is 79.9. The average Bonchev–Trinajstić information content (AvgIpc) is 2.97. The van der Waals surface area contributed by atoms with Gasteiger partial charge in [-0.1, -0.05) is 20.8 Å². The molecule has 0 amide bonds. The predicted molar refractivity (Wildman–Crippen MR) is 90.4 cm³/mol. The quantitative estimate of drug-likeness (QED) is 0.844. The monoisotopic (exact) mass is 353 g/mol. The van der Waals surface area contributed by atoms with Crippen molar-refractivity contribution < 1.29 is 0 Å². The van der Waals surface area contributed by atoms with E-state index in [1.807, 2.05) is 0 Å². The van der Waals surface area contributed by atoms with Crippen molar-refractivity contribution >= 4 is 15.9 Å². The fourth-order valence-corrected chi connectivity index (χ4v) is 4.90. The molecule has 2 atom stereocenters. The molecular formula is C17H28BrN3. The Labute approximate surface area is 137 Å². The Hall–Kier alpha value is -0.350. The summed E-state index contributed by atoms with van der Waals surface area (Å²) in [6, 6.07) is 0.569. The van der Waals surface area contributed by atoms with Crippen LogP contribution in [0.15, 0.2) is 4.47 Å². The Morgan fingerprint density at radius 3 is 2.57 bits per heavy atom. The van der Waals surface area contributed by atoms with Crippen LogP contribution in [-0.2, 0) is 19.9 Å². The molecular weight excluding hydrogens is 326 g/mol. The second kappa shape index (κ2) is 5.69. The smallest absolute Gasteiger partial charge is 0.0766 e. The van der Waals surface area contributed by atoms with E-state index in [9.17, 15) is 0 Å². The Morgan fingerprint density at radius 2 is 2.05 bits per heavy atom. The standard InChI is InChI=1S/C17H28BrN3/c1-5-14-16(18)15(21(4)20-14)9-17(10-19-11(2)3)7-12-6-13(12)8-17/h11-13,19H,5-10H2,1-4H3. The fraction of sp³-hybridized carbons (Fsp3) is 0.824. The zero-order chi connectivity index (χ0) is 15.2. The molecule has 1 heterocycles. The van der Waals surface area contributed by atoms with Gasteiger partial charge in [-0.05, 0) is 65.3 Å². The van der Waals surface area contributed by atoms with Crippen molar-refractivity contribution in [1.29, 1.82) is 0 Å². The molecule has 0 aliphatic heterocycles. The number of nitrogens with zero attached hydrogens (tertiary/aromatic N) is 2. The van der Waals surface area contributed by atoms with Crippen LogP contribution in [0.1, 0.15) is 51.4 Å². The zero-order valence-electron chi connectivity index (χ0n) is 13.7. The highest BCUT2D eigenvalue weighted by Gasteiger charge is 2.53. The third-order valence-electron chi connectivity index (χ3n) is 5.39. The summed E-state index contributed by atoms with van der Waals surface area (Å²) >= 11 is 3.80. The molecule has 2 fully saturated rings. The van der Waals surface area contributed by atoms with Crippen molar-refractivity contribution in [2.24, 2.45) is 24.3 Å². The van der Waals surface area contributed by atoms with E-state index in [0.717, 1.165) is 31.2 Å². The summed E-state index contributed by atoms with van der Waals surface area (Å²) in [5.74, 6) is 2.02. The van der Waals surface area contributed by atoms with Crippen LogP contribution in [0, 0.1) is 17.3 Å². The van der Waals surface area contributed by atoms with Crippen LogP contribution < -0.4 is 5.32 Å². The van der Waals surface area contributed by atoms with Gasteiger partial charge in [-0.2, -0.15) is 5.10 Å². The van der Waals surface area contributed by atoms with E-state index in [2.05, 4.69) is 58.8 Å². The maximum atomic E-state index is 4.68. The molecule has 21 heavy (non-hydrogen) atoms. The summed E-state index contributed by atoms with van der Waals surface area (Å²) in [6.45, 7) is 7.82. The predicted octanol–water partition coefficient (Wildman–Crippen LogP) is 3.70. The lowest BCUT2D eigenvalue weighted by atomic mass is 9.78. The molecule has 3 rings (SSSR count). The molecule has 1 N–H and O–H groups in total. The minimum absolute atomic E-state index is 0.444. The van der Waals surface area contributed by atoms with Gasteiger partial charge in [0.1, 0.15) is 0 Å². The maximum Gasteiger partial charge on any atom is 0.0766 e. The molecule has 1 aromatic heterocycles. The molecule has 0 radical (unpaired) electrons. The van der Waals surface area contributed by atoms with E-state index in [1.165, 1.54) is 35.1 Å².